The molecule has 2 aromatic carbocycles. The van der Waals surface area contributed by atoms with Crippen LogP contribution in [0.3, 0.4) is 0 Å². The molecule has 0 aliphatic rings. The largest absolute Gasteiger partial charge is 0.483 e. The Bertz CT molecular complexity index is 1360. The molecule has 0 saturated carbocycles. The summed E-state index contributed by atoms with van der Waals surface area (Å²) in [7, 11) is 3.49. The number of fused-ring (bicyclic) bond motifs is 3. The quantitative estimate of drug-likeness (QED) is 0.253. The molecule has 0 radical (unpaired) electrons. The van der Waals surface area contributed by atoms with Crippen molar-refractivity contribution >= 4 is 44.8 Å². The Kier molecular flexibility index (Phi) is 9.76. The monoisotopic (exact) mass is 523 g/mol. The number of hydrogen-bond acceptors (Lipinski definition) is 6. The topological polar surface area (TPSA) is 107 Å². The predicted octanol–water partition coefficient (Wildman–Crippen LogP) is 4.08. The Labute approximate surface area is 220 Å². The van der Waals surface area contributed by atoms with Gasteiger partial charge in [0.15, 0.2) is 4.96 Å². The molecule has 2 aromatic heterocycles. The van der Waals surface area contributed by atoms with Crippen LogP contribution in [0.25, 0.3) is 26.4 Å². The highest BCUT2D eigenvalue weighted by molar-refractivity contribution is 7.23. The highest BCUT2D eigenvalue weighted by Crippen LogP contribution is 2.30. The average Bonchev–Trinajstić information content (AvgIpc) is 3.46. The maximum Gasteiger partial charge on any atom is 0.290 e. The summed E-state index contributed by atoms with van der Waals surface area (Å²) in [5, 5.41) is 9.92. The Balaban J connectivity index is 0.00000121. The Morgan fingerprint density at radius 3 is 2.35 bits per heavy atom. The normalized spacial score (nSPS) is 10.8. The smallest absolute Gasteiger partial charge is 0.290 e. The molecule has 0 atom stereocenters. The lowest BCUT2D eigenvalue weighted by Crippen LogP contribution is -2.29. The molecule has 10 heteroatoms. The third-order valence-corrected chi connectivity index (χ3v) is 7.04. The number of carboxylic acid groups (broad SMARTS) is 1. The zero-order valence-corrected chi connectivity index (χ0v) is 22.4. The van der Waals surface area contributed by atoms with E-state index >= 15 is 0 Å². The highest BCUT2D eigenvalue weighted by atomic mass is 32.1. The lowest BCUT2D eigenvalue weighted by Gasteiger charge is -2.17. The fourth-order valence-corrected chi connectivity index (χ4v) is 5.02. The van der Waals surface area contributed by atoms with Crippen molar-refractivity contribution in [2.75, 3.05) is 40.3 Å². The summed E-state index contributed by atoms with van der Waals surface area (Å²) < 4.78 is 3.08. The van der Waals surface area contributed by atoms with Gasteiger partial charge in [0.25, 0.3) is 18.3 Å². The lowest BCUT2D eigenvalue weighted by molar-refractivity contribution is -0.122. The van der Waals surface area contributed by atoms with Crippen molar-refractivity contribution in [1.29, 1.82) is 0 Å². The summed E-state index contributed by atoms with van der Waals surface area (Å²) in [6.07, 6.45) is 2.94. The molecule has 0 unspecified atom stereocenters. The summed E-state index contributed by atoms with van der Waals surface area (Å²) >= 11 is 1.56. The molecule has 0 aliphatic heterocycles. The van der Waals surface area contributed by atoms with Gasteiger partial charge in [0.1, 0.15) is 0 Å². The van der Waals surface area contributed by atoms with Crippen LogP contribution in [0, 0.1) is 0 Å². The first-order chi connectivity index (χ1) is 17.8. The van der Waals surface area contributed by atoms with Crippen LogP contribution in [0.4, 0.5) is 0 Å². The molecule has 2 amide bonds. The molecule has 4 aromatic rings. The minimum absolute atomic E-state index is 0.0212. The highest BCUT2D eigenvalue weighted by Gasteiger charge is 2.14. The van der Waals surface area contributed by atoms with E-state index in [4.69, 9.17) is 14.9 Å². The predicted molar refractivity (Wildman–Crippen MR) is 147 cm³/mol. The van der Waals surface area contributed by atoms with E-state index in [2.05, 4.69) is 28.5 Å². The molecular weight excluding hydrogens is 490 g/mol. The minimum atomic E-state index is -0.250. The number of imidazole rings is 1. The Morgan fingerprint density at radius 1 is 1.08 bits per heavy atom. The zero-order valence-electron chi connectivity index (χ0n) is 21.6. The number of nitrogens with one attached hydrogen (secondary N) is 1. The zero-order chi connectivity index (χ0) is 26.9. The van der Waals surface area contributed by atoms with Gasteiger partial charge in [0.05, 0.1) is 15.9 Å². The van der Waals surface area contributed by atoms with Gasteiger partial charge in [0, 0.05) is 43.5 Å². The van der Waals surface area contributed by atoms with Crippen molar-refractivity contribution in [3.63, 3.8) is 0 Å². The van der Waals surface area contributed by atoms with Crippen LogP contribution in [-0.2, 0) is 4.79 Å². The van der Waals surface area contributed by atoms with Crippen molar-refractivity contribution in [1.82, 2.24) is 24.5 Å². The van der Waals surface area contributed by atoms with Crippen LogP contribution in [0.15, 0.2) is 48.7 Å². The third-order valence-electron chi connectivity index (χ3n) is 6.02. The molecule has 9 nitrogen and oxygen atoms in total. The number of rotatable bonds is 9. The molecule has 2 N–H and O–H groups in total. The molecule has 0 aliphatic carbocycles. The Morgan fingerprint density at radius 2 is 1.73 bits per heavy atom. The van der Waals surface area contributed by atoms with Crippen molar-refractivity contribution in [3.8, 4) is 11.3 Å². The van der Waals surface area contributed by atoms with Gasteiger partial charge >= 0.3 is 0 Å². The fourth-order valence-electron chi connectivity index (χ4n) is 3.97. The fraction of sp³-hybridized carbons (Fsp3) is 0.333. The van der Waals surface area contributed by atoms with E-state index < -0.39 is 0 Å². The van der Waals surface area contributed by atoms with Gasteiger partial charge in [-0.1, -0.05) is 37.3 Å². The van der Waals surface area contributed by atoms with E-state index in [0.717, 1.165) is 52.5 Å². The molecule has 0 saturated heterocycles. The molecule has 0 spiro atoms. The van der Waals surface area contributed by atoms with Crippen molar-refractivity contribution < 1.29 is 19.5 Å². The van der Waals surface area contributed by atoms with E-state index in [1.165, 1.54) is 0 Å². The summed E-state index contributed by atoms with van der Waals surface area (Å²) in [6.45, 7) is 7.79. The second kappa shape index (κ2) is 13.0. The number of carbonyl (C=O) groups excluding carboxylic acids is 2. The maximum atomic E-state index is 12.6. The lowest BCUT2D eigenvalue weighted by atomic mass is 10.1. The summed E-state index contributed by atoms with van der Waals surface area (Å²) in [4.78, 5) is 42.7. The SMILES string of the molecule is CCN(CC)CCCNC(=O)c1ccc2c(c1)sc1nc(-c3ccc(C(=O)N(C)C)cc3)cn12.O=CO. The van der Waals surface area contributed by atoms with Crippen LogP contribution in [0.2, 0.25) is 0 Å². The Hall–Kier alpha value is -3.76. The molecule has 196 valence electrons. The molecular formula is C27H33N5O4S. The van der Waals surface area contributed by atoms with Crippen molar-refractivity contribution in [2.45, 2.75) is 20.3 Å². The van der Waals surface area contributed by atoms with Gasteiger partial charge in [-0.3, -0.25) is 18.8 Å². The number of aromatic nitrogens is 2. The summed E-state index contributed by atoms with van der Waals surface area (Å²) in [6, 6.07) is 13.3. The maximum absolute atomic E-state index is 12.6. The minimum Gasteiger partial charge on any atom is -0.483 e. The van der Waals surface area contributed by atoms with Crippen molar-refractivity contribution in [3.05, 3.63) is 59.8 Å². The van der Waals surface area contributed by atoms with Crippen LogP contribution in [0.1, 0.15) is 41.0 Å². The van der Waals surface area contributed by atoms with Crippen LogP contribution >= 0.6 is 11.3 Å². The van der Waals surface area contributed by atoms with Gasteiger partial charge < -0.3 is 20.2 Å². The number of nitrogens with zero attached hydrogens (tertiary/aromatic N) is 4. The van der Waals surface area contributed by atoms with Gasteiger partial charge in [-0.05, 0) is 56.4 Å². The van der Waals surface area contributed by atoms with Gasteiger partial charge in [0.2, 0.25) is 0 Å². The van der Waals surface area contributed by atoms with Crippen LogP contribution in [-0.4, -0.2) is 82.9 Å². The second-order valence-electron chi connectivity index (χ2n) is 8.58. The number of hydrogen-bond donors (Lipinski definition) is 2. The van der Waals surface area contributed by atoms with Crippen LogP contribution < -0.4 is 5.32 Å². The average molecular weight is 524 g/mol. The number of amides is 2. The number of benzene rings is 2. The van der Waals surface area contributed by atoms with Crippen molar-refractivity contribution in [2.24, 2.45) is 0 Å². The first-order valence-electron chi connectivity index (χ1n) is 12.1. The van der Waals surface area contributed by atoms with E-state index in [1.54, 1.807) is 30.3 Å². The van der Waals surface area contributed by atoms with E-state index in [-0.39, 0.29) is 18.3 Å². The van der Waals surface area contributed by atoms with E-state index in [9.17, 15) is 9.59 Å². The summed E-state index contributed by atoms with van der Waals surface area (Å²) in [5.74, 6) is -0.0624. The van der Waals surface area contributed by atoms with E-state index in [1.807, 2.05) is 48.7 Å². The van der Waals surface area contributed by atoms with Gasteiger partial charge in [-0.2, -0.15) is 0 Å². The van der Waals surface area contributed by atoms with Gasteiger partial charge in [-0.25, -0.2) is 4.98 Å². The number of carbonyl (C=O) groups is 3. The molecule has 2 heterocycles. The molecule has 0 fully saturated rings. The molecule has 37 heavy (non-hydrogen) atoms. The molecule has 4 rings (SSSR count). The van der Waals surface area contributed by atoms with Crippen LogP contribution in [0.5, 0.6) is 0 Å². The second-order valence-corrected chi connectivity index (χ2v) is 9.59. The first-order valence-corrected chi connectivity index (χ1v) is 13.0. The first kappa shape index (κ1) is 27.8. The summed E-state index contributed by atoms with van der Waals surface area (Å²) in [5.41, 5.74) is 4.16. The molecule has 0 bridgehead atoms. The van der Waals surface area contributed by atoms with Gasteiger partial charge in [-0.15, -0.1) is 0 Å². The standard InChI is InChI=1S/C26H31N5O2S.CH2O2/c1-5-30(6-2)15-7-14-27-24(32)20-12-13-22-23(16-20)34-26-28-21(17-31(22)26)18-8-10-19(11-9-18)25(33)29(3)4;2-1-3/h8-13,16-17H,5-7,14-15H2,1-4H3,(H,27,32);1H,(H,2,3). The third kappa shape index (κ3) is 6.72. The number of thiazole rings is 1. The van der Waals surface area contributed by atoms with E-state index in [0.29, 0.717) is 17.7 Å².